The van der Waals surface area contributed by atoms with Gasteiger partial charge in [-0.3, -0.25) is 4.79 Å². The van der Waals surface area contributed by atoms with Gasteiger partial charge in [-0.1, -0.05) is 6.07 Å². The highest BCUT2D eigenvalue weighted by Gasteiger charge is 2.45. The van der Waals surface area contributed by atoms with Crippen LogP contribution in [0.4, 0.5) is 0 Å². The number of hydrogen-bond donors (Lipinski definition) is 1. The molecule has 2 aliphatic rings. The molecule has 1 fully saturated rings. The van der Waals surface area contributed by atoms with Crippen molar-refractivity contribution in [2.45, 2.75) is 82.6 Å². The highest BCUT2D eigenvalue weighted by Crippen LogP contribution is 2.39. The van der Waals surface area contributed by atoms with E-state index in [9.17, 15) is 14.7 Å². The molecule has 2 aliphatic carbocycles. The Balaban J connectivity index is 1.03. The number of aliphatic hydroxyl groups is 1. The molecule has 7 nitrogen and oxygen atoms in total. The van der Waals surface area contributed by atoms with Gasteiger partial charge in [0.05, 0.1) is 27.1 Å². The Labute approximate surface area is 248 Å². The second-order valence-corrected chi connectivity index (χ2v) is 13.7. The van der Waals surface area contributed by atoms with Crippen LogP contribution in [0.1, 0.15) is 74.6 Å². The van der Waals surface area contributed by atoms with Gasteiger partial charge in [0, 0.05) is 23.0 Å². The van der Waals surface area contributed by atoms with Crippen LogP contribution < -0.4 is 0 Å². The van der Waals surface area contributed by atoms with Crippen LogP contribution in [0.15, 0.2) is 42.0 Å². The van der Waals surface area contributed by atoms with E-state index in [1.807, 2.05) is 42.9 Å². The number of ether oxygens (including phenoxy) is 1. The van der Waals surface area contributed by atoms with Gasteiger partial charge in [-0.25, -0.2) is 9.78 Å². The first kappa shape index (κ1) is 28.3. The first-order valence-electron chi connectivity index (χ1n) is 14.6. The van der Waals surface area contributed by atoms with Gasteiger partial charge in [0.2, 0.25) is 5.60 Å². The summed E-state index contributed by atoms with van der Waals surface area (Å²) in [5.41, 5.74) is 3.69. The van der Waals surface area contributed by atoms with Crippen molar-refractivity contribution in [3.8, 4) is 0 Å². The molecule has 3 aromatic heterocycles. The molecule has 0 amide bonds. The lowest BCUT2D eigenvalue weighted by atomic mass is 9.91. The van der Waals surface area contributed by atoms with E-state index in [-0.39, 0.29) is 6.10 Å². The molecule has 0 spiro atoms. The van der Waals surface area contributed by atoms with Crippen molar-refractivity contribution in [2.24, 2.45) is 0 Å². The minimum absolute atomic E-state index is 0.185. The van der Waals surface area contributed by atoms with Crippen molar-refractivity contribution in [3.05, 3.63) is 73.4 Å². The smallest absolute Gasteiger partial charge is 0.349 e. The summed E-state index contributed by atoms with van der Waals surface area (Å²) in [7, 11) is 2.19. The lowest BCUT2D eigenvalue weighted by Crippen LogP contribution is -2.42. The average molecular weight is 592 g/mol. The molecule has 4 aromatic rings. The number of benzene rings is 1. The first-order chi connectivity index (χ1) is 19.9. The van der Waals surface area contributed by atoms with Gasteiger partial charge in [0.15, 0.2) is 0 Å². The highest BCUT2D eigenvalue weighted by atomic mass is 32.1. The van der Waals surface area contributed by atoms with Gasteiger partial charge in [0.1, 0.15) is 12.4 Å². The topological polar surface area (TPSA) is 84.7 Å². The number of aromatic nitrogens is 2. The lowest BCUT2D eigenvalue weighted by molar-refractivity contribution is -0.169. The molecule has 0 aliphatic heterocycles. The fourth-order valence-corrected chi connectivity index (χ4v) is 8.46. The van der Waals surface area contributed by atoms with Gasteiger partial charge in [-0.05, 0) is 113 Å². The second kappa shape index (κ2) is 11.8. The predicted molar refractivity (Wildman–Crippen MR) is 163 cm³/mol. The van der Waals surface area contributed by atoms with Gasteiger partial charge in [-0.15, -0.1) is 22.7 Å². The monoisotopic (exact) mass is 591 g/mol. The number of rotatable bonds is 10. The van der Waals surface area contributed by atoms with Gasteiger partial charge >= 0.3 is 5.97 Å². The molecule has 1 aromatic carbocycles. The molecule has 216 valence electrons. The van der Waals surface area contributed by atoms with E-state index in [1.165, 1.54) is 39.3 Å². The van der Waals surface area contributed by atoms with Crippen molar-refractivity contribution in [2.75, 3.05) is 13.6 Å². The standard InChI is InChI=1S/C32H37N3O4S2/c1-21-9-14-29(41-21)32(38,28-8-4-17-40-28)31(37)39-24-12-10-23(11-13-24)34(2)15-5-16-35-20-33-27-18-22(19-36)25-6-3-7-26(25)30(27)35/h4,8-9,14,17-20,23-24,38H,3,5-7,10-13,15-16H2,1-2H3/t23-,24-,32-/m0/s1. The van der Waals surface area contributed by atoms with E-state index in [4.69, 9.17) is 4.74 Å². The van der Waals surface area contributed by atoms with Crippen LogP contribution in [0.3, 0.4) is 0 Å². The summed E-state index contributed by atoms with van der Waals surface area (Å²) >= 11 is 2.80. The summed E-state index contributed by atoms with van der Waals surface area (Å²) in [5.74, 6) is -0.571. The summed E-state index contributed by atoms with van der Waals surface area (Å²) in [4.78, 5) is 34.3. The number of carbonyl (C=O) groups is 2. The molecule has 41 heavy (non-hydrogen) atoms. The number of esters is 1. The van der Waals surface area contributed by atoms with Crippen molar-refractivity contribution in [1.82, 2.24) is 14.5 Å². The molecule has 1 N–H and O–H groups in total. The number of aldehydes is 1. The van der Waals surface area contributed by atoms with Gasteiger partial charge in [-0.2, -0.15) is 0 Å². The van der Waals surface area contributed by atoms with Crippen molar-refractivity contribution < 1.29 is 19.4 Å². The quantitative estimate of drug-likeness (QED) is 0.183. The summed E-state index contributed by atoms with van der Waals surface area (Å²) in [6, 6.07) is 9.80. The number of carbonyl (C=O) groups excluding carboxylic acids is 2. The maximum absolute atomic E-state index is 13.4. The van der Waals surface area contributed by atoms with E-state index in [0.717, 1.165) is 86.7 Å². The van der Waals surface area contributed by atoms with Crippen molar-refractivity contribution >= 4 is 46.0 Å². The predicted octanol–water partition coefficient (Wildman–Crippen LogP) is 5.88. The summed E-state index contributed by atoms with van der Waals surface area (Å²) in [6.45, 7) is 3.84. The molecule has 0 radical (unpaired) electrons. The van der Waals surface area contributed by atoms with Crippen LogP contribution in [0.2, 0.25) is 0 Å². The summed E-state index contributed by atoms with van der Waals surface area (Å²) in [5, 5.41) is 13.5. The summed E-state index contributed by atoms with van der Waals surface area (Å²) < 4.78 is 8.24. The minimum atomic E-state index is -1.76. The summed E-state index contributed by atoms with van der Waals surface area (Å²) in [6.07, 6.45) is 10.3. The third-order valence-electron chi connectivity index (χ3n) is 8.86. The molecule has 9 heteroatoms. The van der Waals surface area contributed by atoms with E-state index >= 15 is 0 Å². The van der Waals surface area contributed by atoms with E-state index < -0.39 is 11.6 Å². The number of imidazole rings is 1. The van der Waals surface area contributed by atoms with Crippen LogP contribution in [0.5, 0.6) is 0 Å². The highest BCUT2D eigenvalue weighted by molar-refractivity contribution is 7.13. The van der Waals surface area contributed by atoms with E-state index in [2.05, 4.69) is 21.5 Å². The Hall–Kier alpha value is -2.85. The number of nitrogens with zero attached hydrogens (tertiary/aromatic N) is 3. The van der Waals surface area contributed by atoms with Crippen LogP contribution in [0, 0.1) is 6.92 Å². The third-order valence-corrected chi connectivity index (χ3v) is 10.9. The fourth-order valence-electron chi connectivity index (χ4n) is 6.61. The Morgan fingerprint density at radius 3 is 2.71 bits per heavy atom. The molecule has 0 unspecified atom stereocenters. The minimum Gasteiger partial charge on any atom is -0.460 e. The normalized spacial score (nSPS) is 20.3. The van der Waals surface area contributed by atoms with Crippen molar-refractivity contribution in [3.63, 3.8) is 0 Å². The Morgan fingerprint density at radius 1 is 1.20 bits per heavy atom. The van der Waals surface area contributed by atoms with E-state index in [0.29, 0.717) is 15.8 Å². The zero-order valence-electron chi connectivity index (χ0n) is 23.7. The molecular weight excluding hydrogens is 555 g/mol. The average Bonchev–Trinajstić information content (AvgIpc) is 3.79. The van der Waals surface area contributed by atoms with Crippen LogP contribution in [-0.2, 0) is 34.5 Å². The maximum Gasteiger partial charge on any atom is 0.349 e. The molecule has 1 saturated carbocycles. The largest absolute Gasteiger partial charge is 0.460 e. The first-order valence-corrected chi connectivity index (χ1v) is 16.3. The van der Waals surface area contributed by atoms with Crippen LogP contribution >= 0.6 is 22.7 Å². The Kier molecular flexibility index (Phi) is 8.14. The SMILES string of the molecule is Cc1ccc([C@](O)(C(=O)O[C@H]2CC[C@H](N(C)CCCn3cnc4cc(C=O)c5c(c43)CCC5)CC2)c2cccs2)s1. The molecular formula is C32H37N3O4S2. The number of hydrogen-bond acceptors (Lipinski definition) is 8. The fraction of sp³-hybridized carbons (Fsp3) is 0.469. The van der Waals surface area contributed by atoms with E-state index in [1.54, 1.807) is 6.07 Å². The molecule has 6 rings (SSSR count). The third kappa shape index (κ3) is 5.41. The lowest BCUT2D eigenvalue weighted by Gasteiger charge is -2.35. The number of aryl methyl sites for hydroxylation is 3. The van der Waals surface area contributed by atoms with Crippen molar-refractivity contribution in [1.29, 1.82) is 0 Å². The zero-order valence-corrected chi connectivity index (χ0v) is 25.3. The van der Waals surface area contributed by atoms with Gasteiger partial charge < -0.3 is 19.3 Å². The Morgan fingerprint density at radius 2 is 2.00 bits per heavy atom. The molecule has 3 heterocycles. The molecule has 1 atom stereocenters. The number of fused-ring (bicyclic) bond motifs is 3. The molecule has 0 saturated heterocycles. The van der Waals surface area contributed by atoms with Gasteiger partial charge in [0.25, 0.3) is 0 Å². The second-order valence-electron chi connectivity index (χ2n) is 11.5. The molecule has 0 bridgehead atoms. The number of thiophene rings is 2. The Bertz CT molecular complexity index is 1530. The maximum atomic E-state index is 13.4. The van der Waals surface area contributed by atoms with Crippen LogP contribution in [-0.4, -0.2) is 57.6 Å². The van der Waals surface area contributed by atoms with Crippen LogP contribution in [0.25, 0.3) is 11.0 Å². The zero-order chi connectivity index (χ0) is 28.6.